The highest BCUT2D eigenvalue weighted by Crippen LogP contribution is 2.19. The summed E-state index contributed by atoms with van der Waals surface area (Å²) >= 11 is 1.76. The predicted molar refractivity (Wildman–Crippen MR) is 88.3 cm³/mol. The quantitative estimate of drug-likeness (QED) is 0.816. The SMILES string of the molecule is Cc1ccc(-c2ccc(C#CC3=CSC(C)N3)c[nH+]2)cc1. The van der Waals surface area contributed by atoms with Gasteiger partial charge in [-0.3, -0.25) is 0 Å². The van der Waals surface area contributed by atoms with Crippen molar-refractivity contribution in [3.63, 3.8) is 0 Å². The molecule has 2 N–H and O–H groups in total. The number of H-pyrrole nitrogens is 1. The van der Waals surface area contributed by atoms with Crippen molar-refractivity contribution < 1.29 is 4.98 Å². The molecule has 0 saturated heterocycles. The number of benzene rings is 1. The molecule has 0 spiro atoms. The van der Waals surface area contributed by atoms with Crippen LogP contribution >= 0.6 is 11.8 Å². The number of rotatable bonds is 1. The summed E-state index contributed by atoms with van der Waals surface area (Å²) in [6, 6.07) is 12.6. The molecule has 1 aliphatic heterocycles. The highest BCUT2D eigenvalue weighted by molar-refractivity contribution is 8.02. The average Bonchev–Trinajstić information content (AvgIpc) is 2.92. The van der Waals surface area contributed by atoms with Gasteiger partial charge in [0.25, 0.3) is 0 Å². The molecule has 1 atom stereocenters. The number of nitrogens with one attached hydrogen (secondary N) is 2. The van der Waals surface area contributed by atoms with Crippen molar-refractivity contribution in [1.29, 1.82) is 0 Å². The van der Waals surface area contributed by atoms with Crippen LogP contribution in [0.3, 0.4) is 0 Å². The first kappa shape index (κ1) is 13.8. The van der Waals surface area contributed by atoms with E-state index in [1.807, 2.05) is 12.3 Å². The Balaban J connectivity index is 1.75. The molecule has 1 aromatic heterocycles. The van der Waals surface area contributed by atoms with Gasteiger partial charge in [0.1, 0.15) is 0 Å². The molecule has 0 saturated carbocycles. The van der Waals surface area contributed by atoms with Crippen LogP contribution in [0.1, 0.15) is 18.1 Å². The highest BCUT2D eigenvalue weighted by atomic mass is 32.2. The van der Waals surface area contributed by atoms with Crippen molar-refractivity contribution in [3.05, 3.63) is 64.8 Å². The lowest BCUT2D eigenvalue weighted by molar-refractivity contribution is -0.364. The van der Waals surface area contributed by atoms with Crippen molar-refractivity contribution in [2.75, 3.05) is 0 Å². The molecule has 1 aromatic carbocycles. The summed E-state index contributed by atoms with van der Waals surface area (Å²) in [6.07, 6.45) is 1.95. The monoisotopic (exact) mass is 293 g/mol. The molecule has 1 aliphatic rings. The van der Waals surface area contributed by atoms with E-state index in [0.717, 1.165) is 17.0 Å². The van der Waals surface area contributed by atoms with Gasteiger partial charge in [0, 0.05) is 17.0 Å². The second-order valence-electron chi connectivity index (χ2n) is 5.06. The minimum Gasteiger partial charge on any atom is -0.366 e. The molecule has 3 heteroatoms. The first-order valence-electron chi connectivity index (χ1n) is 6.94. The maximum Gasteiger partial charge on any atom is 0.210 e. The smallest absolute Gasteiger partial charge is 0.210 e. The van der Waals surface area contributed by atoms with E-state index in [4.69, 9.17) is 0 Å². The number of pyridine rings is 1. The van der Waals surface area contributed by atoms with Crippen LogP contribution in [0.5, 0.6) is 0 Å². The largest absolute Gasteiger partial charge is 0.366 e. The van der Waals surface area contributed by atoms with Gasteiger partial charge >= 0.3 is 0 Å². The molecule has 2 heterocycles. The molecule has 21 heavy (non-hydrogen) atoms. The van der Waals surface area contributed by atoms with Crippen LogP contribution in [0, 0.1) is 18.8 Å². The molecule has 0 amide bonds. The molecule has 2 aromatic rings. The van der Waals surface area contributed by atoms with Crippen molar-refractivity contribution in [1.82, 2.24) is 5.32 Å². The fourth-order valence-corrected chi connectivity index (χ4v) is 2.74. The Bertz CT molecular complexity index is 719. The molecular weight excluding hydrogens is 276 g/mol. The third-order valence-electron chi connectivity index (χ3n) is 3.27. The molecule has 0 fully saturated rings. The number of allylic oxidation sites excluding steroid dienone is 1. The van der Waals surface area contributed by atoms with Gasteiger partial charge in [-0.1, -0.05) is 23.6 Å². The summed E-state index contributed by atoms with van der Waals surface area (Å²) in [5, 5.41) is 5.80. The van der Waals surface area contributed by atoms with E-state index in [0.29, 0.717) is 5.37 Å². The molecule has 0 bridgehead atoms. The van der Waals surface area contributed by atoms with Crippen LogP contribution in [0.4, 0.5) is 0 Å². The molecule has 0 aliphatic carbocycles. The van der Waals surface area contributed by atoms with Crippen LogP contribution in [-0.4, -0.2) is 5.37 Å². The van der Waals surface area contributed by atoms with Gasteiger partial charge in [0.05, 0.1) is 16.6 Å². The summed E-state index contributed by atoms with van der Waals surface area (Å²) in [6.45, 7) is 4.22. The van der Waals surface area contributed by atoms with Crippen molar-refractivity contribution in [2.45, 2.75) is 19.2 Å². The van der Waals surface area contributed by atoms with Gasteiger partial charge < -0.3 is 5.32 Å². The zero-order valence-corrected chi connectivity index (χ0v) is 12.9. The number of aryl methyl sites for hydroxylation is 1. The molecule has 104 valence electrons. The summed E-state index contributed by atoms with van der Waals surface area (Å²) in [5.74, 6) is 6.32. The average molecular weight is 293 g/mol. The maximum absolute atomic E-state index is 3.31. The Morgan fingerprint density at radius 1 is 1.10 bits per heavy atom. The zero-order chi connectivity index (χ0) is 14.7. The summed E-state index contributed by atoms with van der Waals surface area (Å²) < 4.78 is 0. The van der Waals surface area contributed by atoms with Gasteiger partial charge in [-0.15, -0.1) is 11.8 Å². The van der Waals surface area contributed by atoms with E-state index in [2.05, 4.69) is 71.7 Å². The number of thioether (sulfide) groups is 1. The third kappa shape index (κ3) is 3.48. The van der Waals surface area contributed by atoms with E-state index in [-0.39, 0.29) is 0 Å². The molecule has 0 radical (unpaired) electrons. The first-order valence-corrected chi connectivity index (χ1v) is 7.88. The van der Waals surface area contributed by atoms with Gasteiger partial charge in [0.2, 0.25) is 5.69 Å². The van der Waals surface area contributed by atoms with Crippen LogP contribution in [0.15, 0.2) is 53.7 Å². The topological polar surface area (TPSA) is 26.2 Å². The number of aromatic amines is 1. The van der Waals surface area contributed by atoms with E-state index < -0.39 is 0 Å². The van der Waals surface area contributed by atoms with Crippen molar-refractivity contribution in [2.24, 2.45) is 0 Å². The standard InChI is InChI=1S/C18H16N2S/c1-13-3-7-16(8-4-13)18-10-6-15(11-19-18)5-9-17-12-21-14(2)20-17/h3-4,6-8,10-12,14,20H,1-2H3/p+1. The zero-order valence-electron chi connectivity index (χ0n) is 12.1. The van der Waals surface area contributed by atoms with Gasteiger partial charge in [-0.2, -0.15) is 0 Å². The summed E-state index contributed by atoms with van der Waals surface area (Å²) in [4.78, 5) is 3.31. The van der Waals surface area contributed by atoms with Gasteiger partial charge in [-0.25, -0.2) is 4.98 Å². The predicted octanol–water partition coefficient (Wildman–Crippen LogP) is 3.35. The van der Waals surface area contributed by atoms with Crippen LogP contribution in [0.2, 0.25) is 0 Å². The number of hydrogen-bond acceptors (Lipinski definition) is 2. The summed E-state index contributed by atoms with van der Waals surface area (Å²) in [5.41, 5.74) is 5.53. The normalized spacial score (nSPS) is 16.7. The van der Waals surface area contributed by atoms with E-state index in [1.165, 1.54) is 11.1 Å². The number of hydrogen-bond donors (Lipinski definition) is 1. The second kappa shape index (κ2) is 6.07. The Kier molecular flexibility index (Phi) is 3.98. The number of aromatic nitrogens is 1. The van der Waals surface area contributed by atoms with E-state index >= 15 is 0 Å². The van der Waals surface area contributed by atoms with Crippen molar-refractivity contribution in [3.8, 4) is 23.1 Å². The van der Waals surface area contributed by atoms with Crippen molar-refractivity contribution >= 4 is 11.8 Å². The Morgan fingerprint density at radius 3 is 2.52 bits per heavy atom. The van der Waals surface area contributed by atoms with Gasteiger partial charge in [-0.05, 0) is 38.0 Å². The lowest BCUT2D eigenvalue weighted by Gasteiger charge is -2.00. The Labute approximate surface area is 129 Å². The summed E-state index contributed by atoms with van der Waals surface area (Å²) in [7, 11) is 0. The highest BCUT2D eigenvalue weighted by Gasteiger charge is 2.09. The first-order chi connectivity index (χ1) is 10.2. The van der Waals surface area contributed by atoms with Gasteiger partial charge in [0.15, 0.2) is 6.20 Å². The van der Waals surface area contributed by atoms with E-state index in [9.17, 15) is 0 Å². The Hall–Kier alpha value is -2.18. The van der Waals surface area contributed by atoms with E-state index in [1.54, 1.807) is 11.8 Å². The van der Waals surface area contributed by atoms with Crippen LogP contribution < -0.4 is 10.3 Å². The minimum absolute atomic E-state index is 0.421. The fraction of sp³-hybridized carbons (Fsp3) is 0.167. The second-order valence-corrected chi connectivity index (χ2v) is 6.28. The van der Waals surface area contributed by atoms with Crippen LogP contribution in [0.25, 0.3) is 11.3 Å². The molecule has 1 unspecified atom stereocenters. The third-order valence-corrected chi connectivity index (χ3v) is 4.16. The Morgan fingerprint density at radius 2 is 1.90 bits per heavy atom. The maximum atomic E-state index is 3.31. The fourth-order valence-electron chi connectivity index (χ4n) is 2.08. The molecule has 2 nitrogen and oxygen atoms in total. The minimum atomic E-state index is 0.421. The lowest BCUT2D eigenvalue weighted by Crippen LogP contribution is -2.15. The van der Waals surface area contributed by atoms with Crippen LogP contribution in [-0.2, 0) is 0 Å². The molecular formula is C18H17N2S+. The lowest BCUT2D eigenvalue weighted by atomic mass is 10.1. The molecule has 3 rings (SSSR count).